The Hall–Kier alpha value is -14.8. The molecule has 8 bridgehead atoms. The van der Waals surface area contributed by atoms with Crippen molar-refractivity contribution in [2.45, 2.75) is 203 Å². The van der Waals surface area contributed by atoms with Crippen LogP contribution >= 0.6 is 0 Å². The number of aromatic amines is 2. The Morgan fingerprint density at radius 1 is 0.261 bits per heavy atom. The number of hydrogen-bond acceptors (Lipinski definition) is 10. The Morgan fingerprint density at radius 2 is 0.478 bits per heavy atom. The number of anilines is 1. The smallest absolute Gasteiger partial charge is 0.266 e. The number of nitrogens with zero attached hydrogens (tertiary/aromatic N) is 4. The molecule has 14 heteroatoms. The molecule has 0 aliphatic carbocycles. The average Bonchev–Trinajstić information content (AvgIpc) is 0.733. The number of ether oxygens (including phenoxy) is 4. The fourth-order valence-corrected chi connectivity index (χ4v) is 19.8. The molecule has 0 unspecified atom stereocenters. The summed E-state index contributed by atoms with van der Waals surface area (Å²) in [5, 5.41) is 3.20. The van der Waals surface area contributed by atoms with Crippen LogP contribution in [0.25, 0.3) is 134 Å². The van der Waals surface area contributed by atoms with Gasteiger partial charge in [0.15, 0.2) is 0 Å². The third-order valence-corrected chi connectivity index (χ3v) is 27.8. The van der Waals surface area contributed by atoms with Crippen LogP contribution in [0.3, 0.4) is 0 Å². The molecule has 4 aliphatic heterocycles. The van der Waals surface area contributed by atoms with E-state index in [1.54, 1.807) is 24.3 Å². The Balaban J connectivity index is 0.848. The summed E-state index contributed by atoms with van der Waals surface area (Å²) in [6.45, 7) is 48.2. The lowest BCUT2D eigenvalue weighted by molar-refractivity contribution is 0.0607. The molecule has 14 nitrogen and oxygen atoms in total. The number of hydrogen-bond donors (Lipinski definition) is 2. The van der Waals surface area contributed by atoms with Crippen LogP contribution in [0, 0.1) is 0 Å². The zero-order chi connectivity index (χ0) is 97.3. The molecular weight excluding hydrogens is 1700 g/mol. The van der Waals surface area contributed by atoms with Crippen LogP contribution < -0.4 is 23.8 Å². The van der Waals surface area contributed by atoms with Crippen molar-refractivity contribution in [3.63, 3.8) is 0 Å². The summed E-state index contributed by atoms with van der Waals surface area (Å²) in [7, 11) is 0. The van der Waals surface area contributed by atoms with Gasteiger partial charge in [-0.15, -0.1) is 0 Å². The second-order valence-corrected chi connectivity index (χ2v) is 44.8. The molecule has 0 radical (unpaired) electrons. The van der Waals surface area contributed by atoms with Crippen LogP contribution in [-0.4, -0.2) is 55.0 Å². The number of nitrogens with one attached hydrogen (secondary N) is 2. The highest BCUT2D eigenvalue weighted by Gasteiger charge is 2.43. The topological polar surface area (TPSA) is 169 Å². The van der Waals surface area contributed by atoms with E-state index in [2.05, 4.69) is 277 Å². The minimum absolute atomic E-state index is 0.0710. The molecule has 13 aromatic carbocycles. The second-order valence-electron chi connectivity index (χ2n) is 44.8. The van der Waals surface area contributed by atoms with E-state index in [1.807, 2.05) is 128 Å². The molecule has 0 saturated carbocycles. The maximum Gasteiger partial charge on any atom is 0.266 e. The Bertz CT molecular complexity index is 7640. The van der Waals surface area contributed by atoms with Gasteiger partial charge in [-0.3, -0.25) is 24.1 Å². The molecule has 16 aromatic rings. The maximum absolute atomic E-state index is 17.1. The molecule has 0 atom stereocenters. The van der Waals surface area contributed by atoms with E-state index in [0.29, 0.717) is 84.6 Å². The van der Waals surface area contributed by atoms with Crippen LogP contribution in [0.4, 0.5) is 5.69 Å². The highest BCUT2D eigenvalue weighted by Crippen LogP contribution is 2.59. The van der Waals surface area contributed by atoms with Crippen LogP contribution in [0.5, 0.6) is 46.0 Å². The van der Waals surface area contributed by atoms with E-state index in [0.717, 1.165) is 106 Å². The van der Waals surface area contributed by atoms with Gasteiger partial charge in [0.05, 0.1) is 50.7 Å². The summed E-state index contributed by atoms with van der Waals surface area (Å²) in [6.07, 6.45) is 9.71. The van der Waals surface area contributed by atoms with Crippen LogP contribution in [0.2, 0.25) is 0 Å². The van der Waals surface area contributed by atoms with Gasteiger partial charge in [0.1, 0.15) is 46.0 Å². The van der Waals surface area contributed by atoms with Gasteiger partial charge in [-0.2, -0.15) is 0 Å². The maximum atomic E-state index is 17.1. The summed E-state index contributed by atoms with van der Waals surface area (Å²) in [5.74, 6) is 0.458. The molecule has 0 spiro atoms. The van der Waals surface area contributed by atoms with Gasteiger partial charge in [-0.05, 0) is 239 Å². The normalized spacial score (nSPS) is 13.8. The Morgan fingerprint density at radius 3 is 0.703 bits per heavy atom. The van der Waals surface area contributed by atoms with Gasteiger partial charge < -0.3 is 28.9 Å². The van der Waals surface area contributed by atoms with Crippen LogP contribution in [0.1, 0.15) is 268 Å². The number of aromatic nitrogens is 4. The van der Waals surface area contributed by atoms with E-state index in [-0.39, 0.29) is 95.4 Å². The zero-order valence-corrected chi connectivity index (χ0v) is 83.1. The SMILES string of the molecule is CCCCN1C(=O)c2cc(Oc3ccc(C(C)(C)C)cc3)c3c4c(Oc5ccc(C(C)(C)C)cc5)cc5c6c(cc(Oc7ccc(C(C)(C)C)cc7)c(c7c(Oc8ccc(C(C)(C)C)cc8)cc(c2c37)C1=O)c64)C(=O)N(c1ccc(-c2c3nc(c(-c4ccc(C(C)(C)C)cc4)c4ccc([nH]4)c(-c4ccc(C(C)(C)C)cc4)c4nc(c(-c6ccc(C(C)(C)C)cc6)c6ccc2[nH]6)C=C4)C=C3)cc1)C5=O. The molecular formula is C124H118N6O8. The molecule has 0 fully saturated rings. The number of rotatable bonds is 16. The molecule has 7 heterocycles. The number of imide groups is 2. The number of carbonyl (C=O) groups excluding carboxylic acids is 4. The standard InChI is InChI=1S/C124H118N6O8/c1-23-24-65-129-114(131)86-66-98(135-82-49-39-77(40-50-82)121(11,12)13)108-110-100(137-84-53-43-79(44-54-84)123(17,18)19)68-88-107-89(69-101(138-85-55-45-80(46-56-85)124(20,21)22)111(113(107)110)109-99(67-87(115(129)132)106(86)112(108)109)136-83-51-41-78(42-52-83)122(14,15)16)117(134)130(116(88)133)81-47-31-73(32-48-81)105-96-63-61-94(127-96)103(71-27-35-75(36-28-71)119(5,6)7)92-59-57-90(125-92)102(70-25-33-74(34-26-70)118(2,3)4)91-58-60-93(126-91)104(95-62-64-97(105)128-95)72-29-37-76(38-30-72)120(8,9)10/h25-64,66-69,125,128H,23-24,65H2,1-22H3. The van der Waals surface area contributed by atoms with Crippen molar-refractivity contribution in [1.29, 1.82) is 0 Å². The Labute approximate surface area is 808 Å². The number of fused-ring (bicyclic) bond motifs is 10. The van der Waals surface area contributed by atoms with E-state index < -0.39 is 23.6 Å². The van der Waals surface area contributed by atoms with Gasteiger partial charge >= 0.3 is 0 Å². The summed E-state index contributed by atoms with van der Waals surface area (Å²) in [5.41, 5.74) is 21.2. The number of benzene rings is 13. The van der Waals surface area contributed by atoms with Crippen molar-refractivity contribution in [1.82, 2.24) is 24.8 Å². The first-order valence-corrected chi connectivity index (χ1v) is 48.3. The number of unbranched alkanes of at least 4 members (excludes halogenated alkanes) is 1. The lowest BCUT2D eigenvalue weighted by atomic mass is 9.80. The van der Waals surface area contributed by atoms with E-state index >= 15 is 19.2 Å². The number of amides is 4. The molecule has 20 rings (SSSR count). The highest BCUT2D eigenvalue weighted by atomic mass is 16.5. The van der Waals surface area contributed by atoms with Crippen molar-refractivity contribution in [2.75, 3.05) is 11.4 Å². The predicted octanol–water partition coefficient (Wildman–Crippen LogP) is 32.8. The zero-order valence-electron chi connectivity index (χ0n) is 83.1. The van der Waals surface area contributed by atoms with Crippen molar-refractivity contribution >= 4 is 119 Å². The predicted molar refractivity (Wildman–Crippen MR) is 567 cm³/mol. The minimum Gasteiger partial charge on any atom is -0.457 e. The van der Waals surface area contributed by atoms with Gasteiger partial charge in [-0.25, -0.2) is 14.9 Å². The number of H-pyrrole nitrogens is 2. The first-order valence-electron chi connectivity index (χ1n) is 48.3. The summed E-state index contributed by atoms with van der Waals surface area (Å²) in [6, 6.07) is 81.5. The molecule has 4 aliphatic rings. The lowest BCUT2D eigenvalue weighted by Crippen LogP contribution is -2.41. The summed E-state index contributed by atoms with van der Waals surface area (Å²) >= 11 is 0. The van der Waals surface area contributed by atoms with Crippen molar-refractivity contribution < 1.29 is 38.1 Å². The van der Waals surface area contributed by atoms with Crippen molar-refractivity contribution in [3.05, 3.63) is 327 Å². The lowest BCUT2D eigenvalue weighted by Gasteiger charge is -2.32. The van der Waals surface area contributed by atoms with E-state index in [1.165, 1.54) is 26.5 Å². The molecule has 692 valence electrons. The Kier molecular flexibility index (Phi) is 22.0. The first-order chi connectivity index (χ1) is 65.4. The largest absolute Gasteiger partial charge is 0.457 e. The third kappa shape index (κ3) is 16.4. The second kappa shape index (κ2) is 33.3. The molecule has 2 N–H and O–H groups in total. The quantitative estimate of drug-likeness (QED) is 0.0539. The third-order valence-electron chi connectivity index (χ3n) is 27.8. The van der Waals surface area contributed by atoms with E-state index in [4.69, 9.17) is 28.9 Å². The average molecular weight is 1820 g/mol. The number of carbonyl (C=O) groups is 4. The van der Waals surface area contributed by atoms with Crippen molar-refractivity contribution in [3.8, 4) is 90.5 Å². The summed E-state index contributed by atoms with van der Waals surface area (Å²) < 4.78 is 30.0. The molecule has 3 aromatic heterocycles. The highest BCUT2D eigenvalue weighted by molar-refractivity contribution is 6.47. The first kappa shape index (κ1) is 91.0. The van der Waals surface area contributed by atoms with Crippen LogP contribution in [-0.2, 0) is 37.9 Å². The van der Waals surface area contributed by atoms with Crippen molar-refractivity contribution in [2.24, 2.45) is 0 Å². The minimum atomic E-state index is -0.631. The van der Waals surface area contributed by atoms with Gasteiger partial charge in [0.25, 0.3) is 23.6 Å². The fraction of sp³-hybridized carbons (Fsp3) is 0.258. The monoisotopic (exact) mass is 1820 g/mol. The fourth-order valence-electron chi connectivity index (χ4n) is 19.8. The molecule has 0 saturated heterocycles. The van der Waals surface area contributed by atoms with Gasteiger partial charge in [0, 0.05) is 94.0 Å². The summed E-state index contributed by atoms with van der Waals surface area (Å²) in [4.78, 5) is 88.0. The van der Waals surface area contributed by atoms with Gasteiger partial charge in [0.2, 0.25) is 0 Å². The van der Waals surface area contributed by atoms with Gasteiger partial charge in [-0.1, -0.05) is 292 Å². The van der Waals surface area contributed by atoms with Crippen LogP contribution in [0.15, 0.2) is 243 Å². The van der Waals surface area contributed by atoms with E-state index in [9.17, 15) is 0 Å². The molecule has 138 heavy (non-hydrogen) atoms. The molecule has 4 amide bonds.